The maximum atomic E-state index is 14.4. The first-order valence-electron chi connectivity index (χ1n) is 8.20. The molecule has 2 aromatic carbocycles. The molecule has 2 aromatic rings. The molecule has 1 aliphatic rings. The van der Waals surface area contributed by atoms with E-state index in [1.54, 1.807) is 30.3 Å². The monoisotopic (exact) mass is 384 g/mol. The Hall–Kier alpha value is -1.31. The normalized spacial score (nSPS) is 20.2. The molecule has 1 atom stereocenters. The number of benzene rings is 2. The minimum atomic E-state index is -3.22. The number of anilines is 2. The highest BCUT2D eigenvalue weighted by Gasteiger charge is 2.40. The highest BCUT2D eigenvalue weighted by Crippen LogP contribution is 2.61. The van der Waals surface area contributed by atoms with E-state index in [0.717, 1.165) is 18.5 Å². The van der Waals surface area contributed by atoms with Gasteiger partial charge in [0.1, 0.15) is 5.82 Å². The van der Waals surface area contributed by atoms with Gasteiger partial charge in [-0.05, 0) is 68.8 Å². The molecule has 4 nitrogen and oxygen atoms in total. The van der Waals surface area contributed by atoms with Gasteiger partial charge in [-0.25, -0.2) is 8.70 Å². The third-order valence-electron chi connectivity index (χ3n) is 4.45. The van der Waals surface area contributed by atoms with Crippen molar-refractivity contribution in [2.75, 3.05) is 17.9 Å². The Morgan fingerprint density at radius 2 is 2.00 bits per heavy atom. The van der Waals surface area contributed by atoms with Gasteiger partial charge in [0.25, 0.3) is 0 Å². The Morgan fingerprint density at radius 1 is 1.24 bits per heavy atom. The van der Waals surface area contributed by atoms with E-state index < -0.39 is 16.6 Å². The van der Waals surface area contributed by atoms with Crippen LogP contribution in [0.15, 0.2) is 42.5 Å². The van der Waals surface area contributed by atoms with Gasteiger partial charge in [-0.1, -0.05) is 23.7 Å². The number of rotatable bonds is 5. The van der Waals surface area contributed by atoms with Crippen molar-refractivity contribution < 1.29 is 13.5 Å². The summed E-state index contributed by atoms with van der Waals surface area (Å²) in [5, 5.41) is 3.27. The molecule has 1 aliphatic heterocycles. The molecule has 0 amide bonds. The van der Waals surface area contributed by atoms with Crippen LogP contribution in [-0.4, -0.2) is 27.9 Å². The van der Waals surface area contributed by atoms with Crippen LogP contribution in [0.5, 0.6) is 0 Å². The molecule has 0 saturated heterocycles. The maximum absolute atomic E-state index is 14.4. The highest BCUT2D eigenvalue weighted by molar-refractivity contribution is 8.26. The Bertz CT molecular complexity index is 760. The Labute approximate surface area is 154 Å². The molecule has 7 heteroatoms. The van der Waals surface area contributed by atoms with Crippen LogP contribution in [0.3, 0.4) is 0 Å². The van der Waals surface area contributed by atoms with Gasteiger partial charge in [0.15, 0.2) is 0 Å². The molecular formula is C18H22ClFN2O2S. The molecule has 3 N–H and O–H groups in total. The molecule has 0 aliphatic carbocycles. The fraction of sp³-hybridized carbons (Fsp3) is 0.333. The lowest BCUT2D eigenvalue weighted by molar-refractivity contribution is 0.453. The van der Waals surface area contributed by atoms with Gasteiger partial charge in [-0.2, -0.15) is 0 Å². The van der Waals surface area contributed by atoms with Crippen molar-refractivity contribution in [3.63, 3.8) is 0 Å². The first-order chi connectivity index (χ1) is 11.9. The zero-order valence-corrected chi connectivity index (χ0v) is 15.5. The van der Waals surface area contributed by atoms with E-state index in [1.165, 1.54) is 10.4 Å². The summed E-state index contributed by atoms with van der Waals surface area (Å²) < 4.78 is 37.9. The minimum Gasteiger partial charge on any atom is -0.320 e. The zero-order valence-electron chi connectivity index (χ0n) is 14.0. The van der Waals surface area contributed by atoms with Gasteiger partial charge in [0.2, 0.25) is 0 Å². The van der Waals surface area contributed by atoms with Crippen molar-refractivity contribution in [1.29, 1.82) is 0 Å². The van der Waals surface area contributed by atoms with E-state index >= 15 is 0 Å². The lowest BCUT2D eigenvalue weighted by atomic mass is 10.0. The van der Waals surface area contributed by atoms with Crippen molar-refractivity contribution in [2.45, 2.75) is 24.5 Å². The summed E-state index contributed by atoms with van der Waals surface area (Å²) in [5.74, 6) is -0.487. The van der Waals surface area contributed by atoms with Crippen LogP contribution in [-0.2, 0) is 6.42 Å². The molecule has 0 aromatic heterocycles. The van der Waals surface area contributed by atoms with Crippen molar-refractivity contribution in [2.24, 2.45) is 0 Å². The number of para-hydroxylation sites is 1. The van der Waals surface area contributed by atoms with Crippen LogP contribution in [0, 0.1) is 5.82 Å². The second kappa shape index (κ2) is 7.51. The largest absolute Gasteiger partial charge is 0.320 e. The fourth-order valence-electron chi connectivity index (χ4n) is 3.22. The summed E-state index contributed by atoms with van der Waals surface area (Å²) in [6.45, 7) is 0.786. The lowest BCUT2D eigenvalue weighted by Crippen LogP contribution is -2.38. The predicted octanol–water partition coefficient (Wildman–Crippen LogP) is 5.21. The van der Waals surface area contributed by atoms with Crippen LogP contribution in [0.2, 0.25) is 5.02 Å². The van der Waals surface area contributed by atoms with Crippen molar-refractivity contribution in [3.05, 3.63) is 58.9 Å². The molecule has 0 saturated carbocycles. The SMILES string of the molecule is CNCCCC1Cc2cc(Cl)ccc2N(c2ccccc2F)S1(O)O. The fourth-order valence-corrected chi connectivity index (χ4v) is 5.51. The molecule has 0 fully saturated rings. The number of hydrogen-bond acceptors (Lipinski definition) is 4. The standard InChI is InChI=1S/C18H22ClFN2O2S/c1-21-10-4-5-15-12-13-11-14(19)8-9-17(13)22(25(15,23)24)18-7-3-2-6-16(18)20/h2-3,6-9,11,15,21,23-24H,4-5,10,12H2,1H3. The Kier molecular flexibility index (Phi) is 5.55. The molecule has 3 rings (SSSR count). The predicted molar refractivity (Wildman–Crippen MR) is 103 cm³/mol. The smallest absolute Gasteiger partial charge is 0.148 e. The molecule has 25 heavy (non-hydrogen) atoms. The van der Waals surface area contributed by atoms with Crippen molar-refractivity contribution in [3.8, 4) is 0 Å². The average Bonchev–Trinajstić information content (AvgIpc) is 2.57. The molecule has 136 valence electrons. The third kappa shape index (κ3) is 3.64. The minimum absolute atomic E-state index is 0.171. The molecular weight excluding hydrogens is 363 g/mol. The molecule has 1 unspecified atom stereocenters. The quantitative estimate of drug-likeness (QED) is 0.619. The second-order valence-corrected chi connectivity index (χ2v) is 8.74. The molecule has 0 bridgehead atoms. The van der Waals surface area contributed by atoms with E-state index in [0.29, 0.717) is 23.6 Å². The zero-order chi connectivity index (χ0) is 18.0. The number of hydrogen-bond donors (Lipinski definition) is 3. The van der Waals surface area contributed by atoms with Gasteiger partial charge >= 0.3 is 0 Å². The van der Waals surface area contributed by atoms with Crippen LogP contribution >= 0.6 is 22.4 Å². The third-order valence-corrected chi connectivity index (χ3v) is 6.91. The molecule has 1 heterocycles. The summed E-state index contributed by atoms with van der Waals surface area (Å²) in [5.41, 5.74) is 1.67. The van der Waals surface area contributed by atoms with Gasteiger partial charge in [0.05, 0.1) is 16.6 Å². The summed E-state index contributed by atoms with van der Waals surface area (Å²) in [4.78, 5) is 0. The summed E-state index contributed by atoms with van der Waals surface area (Å²) in [7, 11) is -1.36. The van der Waals surface area contributed by atoms with E-state index in [2.05, 4.69) is 5.32 Å². The van der Waals surface area contributed by atoms with Crippen LogP contribution < -0.4 is 9.62 Å². The van der Waals surface area contributed by atoms with Gasteiger partial charge in [-0.15, -0.1) is 10.8 Å². The Balaban J connectivity index is 2.08. The van der Waals surface area contributed by atoms with Crippen LogP contribution in [0.25, 0.3) is 0 Å². The van der Waals surface area contributed by atoms with E-state index in [9.17, 15) is 13.5 Å². The lowest BCUT2D eigenvalue weighted by Gasteiger charge is -2.53. The molecule has 0 spiro atoms. The van der Waals surface area contributed by atoms with Crippen LogP contribution in [0.4, 0.5) is 15.8 Å². The van der Waals surface area contributed by atoms with E-state index in [4.69, 9.17) is 11.6 Å². The van der Waals surface area contributed by atoms with Gasteiger partial charge < -0.3 is 5.32 Å². The van der Waals surface area contributed by atoms with E-state index in [-0.39, 0.29) is 10.9 Å². The highest BCUT2D eigenvalue weighted by atomic mass is 35.5. The topological polar surface area (TPSA) is 55.7 Å². The van der Waals surface area contributed by atoms with Crippen molar-refractivity contribution in [1.82, 2.24) is 5.32 Å². The molecule has 0 radical (unpaired) electrons. The first-order valence-corrected chi connectivity index (χ1v) is 10.1. The summed E-state index contributed by atoms with van der Waals surface area (Å²) >= 11 is 6.13. The average molecular weight is 385 g/mol. The first kappa shape index (κ1) is 18.5. The van der Waals surface area contributed by atoms with E-state index in [1.807, 2.05) is 13.1 Å². The van der Waals surface area contributed by atoms with Crippen molar-refractivity contribution >= 4 is 33.8 Å². The van der Waals surface area contributed by atoms with Gasteiger partial charge in [0, 0.05) is 5.02 Å². The number of nitrogens with one attached hydrogen (secondary N) is 1. The second-order valence-electron chi connectivity index (χ2n) is 6.15. The van der Waals surface area contributed by atoms with Gasteiger partial charge in [-0.3, -0.25) is 9.11 Å². The summed E-state index contributed by atoms with van der Waals surface area (Å²) in [6.07, 6.45) is 1.94. The Morgan fingerprint density at radius 3 is 2.72 bits per heavy atom. The number of nitrogens with zero attached hydrogens (tertiary/aromatic N) is 1. The maximum Gasteiger partial charge on any atom is 0.148 e. The number of fused-ring (bicyclic) bond motifs is 1. The summed E-state index contributed by atoms with van der Waals surface area (Å²) in [6, 6.07) is 11.4. The number of halogens is 2. The van der Waals surface area contributed by atoms with Crippen LogP contribution in [0.1, 0.15) is 18.4 Å².